The summed E-state index contributed by atoms with van der Waals surface area (Å²) < 4.78 is 8.70. The molecule has 1 aliphatic heterocycles. The van der Waals surface area contributed by atoms with Crippen molar-refractivity contribution in [3.05, 3.63) is 34.1 Å². The number of carbonyl (C=O) groups is 1. The van der Waals surface area contributed by atoms with Gasteiger partial charge in [0.2, 0.25) is 5.91 Å². The molecule has 1 fully saturated rings. The molecule has 0 aliphatic carbocycles. The lowest BCUT2D eigenvalue weighted by Gasteiger charge is -2.20. The van der Waals surface area contributed by atoms with Gasteiger partial charge < -0.3 is 9.32 Å². The minimum Gasteiger partial charge on any atom is -0.460 e. The van der Waals surface area contributed by atoms with Crippen LogP contribution in [0.4, 0.5) is 0 Å². The second kappa shape index (κ2) is 6.06. The van der Waals surface area contributed by atoms with Gasteiger partial charge in [-0.1, -0.05) is 12.8 Å². The van der Waals surface area contributed by atoms with Gasteiger partial charge in [0.15, 0.2) is 5.58 Å². The van der Waals surface area contributed by atoms with Crippen LogP contribution >= 0.6 is 0 Å². The van der Waals surface area contributed by atoms with E-state index in [1.165, 1.54) is 4.68 Å². The zero-order chi connectivity index (χ0) is 17.6. The number of fused-ring (bicyclic) bond motifs is 3. The number of carbonyl (C=O) groups excluding carboxylic acids is 1. The van der Waals surface area contributed by atoms with Gasteiger partial charge in [0.25, 0.3) is 5.56 Å². The van der Waals surface area contributed by atoms with Crippen molar-refractivity contribution >= 4 is 22.5 Å². The van der Waals surface area contributed by atoms with Crippen molar-refractivity contribution in [1.29, 1.82) is 0 Å². The average molecular weight is 342 g/mol. The van der Waals surface area contributed by atoms with Gasteiger partial charge in [-0.05, 0) is 26.7 Å². The summed E-state index contributed by atoms with van der Waals surface area (Å²) in [6, 6.07) is 3.62. The molecule has 4 rings (SSSR count). The van der Waals surface area contributed by atoms with Crippen LogP contribution < -0.4 is 5.56 Å². The minimum atomic E-state index is -0.266. The van der Waals surface area contributed by atoms with E-state index in [1.54, 1.807) is 10.5 Å². The molecule has 4 heterocycles. The summed E-state index contributed by atoms with van der Waals surface area (Å²) in [5.41, 5.74) is 1.72. The molecule has 1 amide bonds. The number of hydrogen-bond acceptors (Lipinski definition) is 4. The Morgan fingerprint density at radius 1 is 1.12 bits per heavy atom. The van der Waals surface area contributed by atoms with Crippen LogP contribution in [-0.2, 0) is 11.3 Å². The summed E-state index contributed by atoms with van der Waals surface area (Å²) in [5.74, 6) is 1.42. The van der Waals surface area contributed by atoms with Gasteiger partial charge in [0, 0.05) is 25.2 Å². The minimum absolute atomic E-state index is 0.0122. The molecule has 0 saturated carbocycles. The Morgan fingerprint density at radius 3 is 2.56 bits per heavy atom. The topological polar surface area (TPSA) is 72.8 Å². The summed E-state index contributed by atoms with van der Waals surface area (Å²) in [4.78, 5) is 27.2. The van der Waals surface area contributed by atoms with Crippen LogP contribution in [0.25, 0.3) is 16.6 Å². The van der Waals surface area contributed by atoms with E-state index in [-0.39, 0.29) is 18.0 Å². The van der Waals surface area contributed by atoms with Gasteiger partial charge in [0.05, 0.1) is 5.52 Å². The zero-order valence-corrected chi connectivity index (χ0v) is 14.6. The van der Waals surface area contributed by atoms with E-state index in [0.29, 0.717) is 16.9 Å². The Labute approximate surface area is 144 Å². The van der Waals surface area contributed by atoms with Gasteiger partial charge in [0.1, 0.15) is 23.6 Å². The van der Waals surface area contributed by atoms with Crippen LogP contribution in [0.15, 0.2) is 21.3 Å². The third-order valence-electron chi connectivity index (χ3n) is 4.90. The lowest BCUT2D eigenvalue weighted by molar-refractivity contribution is -0.132. The molecule has 7 nitrogen and oxygen atoms in total. The zero-order valence-electron chi connectivity index (χ0n) is 14.6. The monoisotopic (exact) mass is 342 g/mol. The fourth-order valence-corrected chi connectivity index (χ4v) is 3.67. The Bertz CT molecular complexity index is 1000. The number of furan rings is 1. The number of aryl methyl sites for hydroxylation is 2. The summed E-state index contributed by atoms with van der Waals surface area (Å²) in [6.45, 7) is 5.23. The van der Waals surface area contributed by atoms with Crippen molar-refractivity contribution in [3.8, 4) is 0 Å². The quantitative estimate of drug-likeness (QED) is 0.716. The van der Waals surface area contributed by atoms with E-state index in [4.69, 9.17) is 4.42 Å². The second-order valence-corrected chi connectivity index (χ2v) is 6.78. The molecule has 0 spiro atoms. The molecule has 3 aromatic heterocycles. The number of aromatic nitrogens is 3. The van der Waals surface area contributed by atoms with Crippen molar-refractivity contribution in [2.24, 2.45) is 0 Å². The van der Waals surface area contributed by atoms with E-state index in [1.807, 2.05) is 24.8 Å². The lowest BCUT2D eigenvalue weighted by atomic mass is 10.2. The first-order valence-corrected chi connectivity index (χ1v) is 8.82. The first-order chi connectivity index (χ1) is 12.0. The Kier molecular flexibility index (Phi) is 3.86. The fourth-order valence-electron chi connectivity index (χ4n) is 3.67. The predicted molar refractivity (Wildman–Crippen MR) is 93.7 cm³/mol. The Hall–Kier alpha value is -2.57. The van der Waals surface area contributed by atoms with Gasteiger partial charge in [-0.25, -0.2) is 4.68 Å². The van der Waals surface area contributed by atoms with E-state index in [0.717, 1.165) is 50.0 Å². The van der Waals surface area contributed by atoms with Crippen LogP contribution in [0, 0.1) is 13.8 Å². The molecule has 1 aliphatic rings. The summed E-state index contributed by atoms with van der Waals surface area (Å²) in [7, 11) is 0. The number of hydrogen-bond donors (Lipinski definition) is 0. The number of likely N-dealkylation sites (tertiary alicyclic amines) is 1. The molecular weight excluding hydrogens is 320 g/mol. The number of amides is 1. The van der Waals surface area contributed by atoms with Crippen molar-refractivity contribution in [2.45, 2.75) is 46.1 Å². The molecule has 3 aromatic rings. The molecule has 0 bridgehead atoms. The Balaban J connectivity index is 1.71. The third kappa shape index (κ3) is 2.73. The van der Waals surface area contributed by atoms with Crippen LogP contribution in [0.3, 0.4) is 0 Å². The largest absolute Gasteiger partial charge is 0.460 e. The second-order valence-electron chi connectivity index (χ2n) is 6.78. The van der Waals surface area contributed by atoms with Gasteiger partial charge >= 0.3 is 0 Å². The highest BCUT2D eigenvalue weighted by Gasteiger charge is 2.19. The van der Waals surface area contributed by atoms with Crippen molar-refractivity contribution in [3.63, 3.8) is 0 Å². The third-order valence-corrected chi connectivity index (χ3v) is 4.90. The molecular formula is C18H22N4O3. The van der Waals surface area contributed by atoms with Crippen molar-refractivity contribution in [2.75, 3.05) is 13.1 Å². The van der Waals surface area contributed by atoms with Crippen LogP contribution in [-0.4, -0.2) is 38.1 Å². The highest BCUT2D eigenvalue weighted by molar-refractivity contribution is 5.83. The molecule has 0 N–H and O–H groups in total. The standard InChI is InChI=1S/C18H22N4O3/c1-12-9-14-16(25-12)10-15-18(24)21(19-13(2)22(14)15)11-17(23)20-7-5-3-4-6-8-20/h9-10H,3-8,11H2,1-2H3. The maximum Gasteiger partial charge on any atom is 0.291 e. The predicted octanol–water partition coefficient (Wildman–Crippen LogP) is 2.26. The van der Waals surface area contributed by atoms with E-state index in [9.17, 15) is 9.59 Å². The molecule has 0 atom stereocenters. The normalized spacial score (nSPS) is 15.8. The first-order valence-electron chi connectivity index (χ1n) is 8.82. The van der Waals surface area contributed by atoms with Crippen LogP contribution in [0.5, 0.6) is 0 Å². The van der Waals surface area contributed by atoms with E-state index >= 15 is 0 Å². The molecule has 7 heteroatoms. The fraction of sp³-hybridized carbons (Fsp3) is 0.500. The SMILES string of the molecule is Cc1cc2c(cc3c(=O)n(CC(=O)N4CCCCCC4)nc(C)n32)o1. The molecule has 0 unspecified atom stereocenters. The molecule has 1 saturated heterocycles. The van der Waals surface area contributed by atoms with Crippen molar-refractivity contribution < 1.29 is 9.21 Å². The van der Waals surface area contributed by atoms with Crippen LogP contribution in [0.2, 0.25) is 0 Å². The lowest BCUT2D eigenvalue weighted by Crippen LogP contribution is -2.38. The van der Waals surface area contributed by atoms with Crippen LogP contribution in [0.1, 0.15) is 37.3 Å². The molecule has 0 aromatic carbocycles. The van der Waals surface area contributed by atoms with E-state index in [2.05, 4.69) is 5.10 Å². The highest BCUT2D eigenvalue weighted by atomic mass is 16.3. The maximum absolute atomic E-state index is 12.8. The van der Waals surface area contributed by atoms with Crippen molar-refractivity contribution in [1.82, 2.24) is 19.1 Å². The number of nitrogens with zero attached hydrogens (tertiary/aromatic N) is 4. The van der Waals surface area contributed by atoms with E-state index < -0.39 is 0 Å². The van der Waals surface area contributed by atoms with Gasteiger partial charge in [-0.15, -0.1) is 0 Å². The summed E-state index contributed by atoms with van der Waals surface area (Å²) >= 11 is 0. The molecule has 132 valence electrons. The first kappa shape index (κ1) is 15.9. The summed E-state index contributed by atoms with van der Waals surface area (Å²) in [6.07, 6.45) is 4.38. The number of rotatable bonds is 2. The van der Waals surface area contributed by atoms with Gasteiger partial charge in [-0.2, -0.15) is 5.10 Å². The molecule has 0 radical (unpaired) electrons. The molecule has 25 heavy (non-hydrogen) atoms. The Morgan fingerprint density at radius 2 is 1.84 bits per heavy atom. The smallest absolute Gasteiger partial charge is 0.291 e. The van der Waals surface area contributed by atoms with Gasteiger partial charge in [-0.3, -0.25) is 14.0 Å². The summed E-state index contributed by atoms with van der Waals surface area (Å²) in [5, 5.41) is 4.37. The maximum atomic E-state index is 12.8. The highest BCUT2D eigenvalue weighted by Crippen LogP contribution is 2.22. The average Bonchev–Trinajstić information content (AvgIpc) is 2.96.